The fourth-order valence-electron chi connectivity index (χ4n) is 3.10. The number of ether oxygens (including phenoxy) is 1. The van der Waals surface area contributed by atoms with Crippen LogP contribution < -0.4 is 10.3 Å². The Morgan fingerprint density at radius 3 is 2.50 bits per heavy atom. The van der Waals surface area contributed by atoms with E-state index < -0.39 is 0 Å². The summed E-state index contributed by atoms with van der Waals surface area (Å²) in [5, 5.41) is 0.514. The van der Waals surface area contributed by atoms with Gasteiger partial charge in [0.05, 0.1) is 17.4 Å². The SMILES string of the molecule is CC[C@@H](C)N(Cc1nc2ccccc2c(=O)[nH]1)C(=O)COc1ccc(C(C)=O)cc1. The fourth-order valence-corrected chi connectivity index (χ4v) is 3.10. The first-order valence-corrected chi connectivity index (χ1v) is 9.90. The van der Waals surface area contributed by atoms with Crippen LogP contribution in [0.2, 0.25) is 0 Å². The number of carbonyl (C=O) groups excluding carboxylic acids is 2. The van der Waals surface area contributed by atoms with Crippen molar-refractivity contribution in [2.75, 3.05) is 6.61 Å². The summed E-state index contributed by atoms with van der Waals surface area (Å²) in [6.45, 7) is 5.46. The van der Waals surface area contributed by atoms with E-state index >= 15 is 0 Å². The average molecular weight is 407 g/mol. The van der Waals surface area contributed by atoms with Crippen LogP contribution in [0, 0.1) is 0 Å². The first-order chi connectivity index (χ1) is 14.4. The van der Waals surface area contributed by atoms with Gasteiger partial charge in [-0.25, -0.2) is 4.98 Å². The second kappa shape index (κ2) is 9.35. The molecule has 2 aromatic carbocycles. The molecular weight excluding hydrogens is 382 g/mol. The van der Waals surface area contributed by atoms with Crippen LogP contribution in [-0.2, 0) is 11.3 Å². The van der Waals surface area contributed by atoms with E-state index in [4.69, 9.17) is 4.74 Å². The topological polar surface area (TPSA) is 92.4 Å². The second-order valence-electron chi connectivity index (χ2n) is 7.18. The highest BCUT2D eigenvalue weighted by atomic mass is 16.5. The van der Waals surface area contributed by atoms with E-state index in [0.717, 1.165) is 6.42 Å². The smallest absolute Gasteiger partial charge is 0.261 e. The number of hydrogen-bond donors (Lipinski definition) is 1. The molecule has 1 amide bonds. The van der Waals surface area contributed by atoms with Crippen LogP contribution in [0.1, 0.15) is 43.4 Å². The summed E-state index contributed by atoms with van der Waals surface area (Å²) >= 11 is 0. The molecule has 0 saturated heterocycles. The Morgan fingerprint density at radius 1 is 1.13 bits per heavy atom. The minimum absolute atomic E-state index is 0.0301. The molecule has 0 spiro atoms. The van der Waals surface area contributed by atoms with Gasteiger partial charge in [-0.3, -0.25) is 14.4 Å². The van der Waals surface area contributed by atoms with E-state index in [1.165, 1.54) is 6.92 Å². The Balaban J connectivity index is 1.74. The molecule has 1 aromatic heterocycles. The van der Waals surface area contributed by atoms with Crippen LogP contribution in [0.15, 0.2) is 53.3 Å². The number of hydrogen-bond acceptors (Lipinski definition) is 5. The molecule has 156 valence electrons. The number of amides is 1. The number of fused-ring (bicyclic) bond motifs is 1. The fraction of sp³-hybridized carbons (Fsp3) is 0.304. The highest BCUT2D eigenvalue weighted by molar-refractivity contribution is 5.94. The number of nitrogens with one attached hydrogen (secondary N) is 1. The maximum atomic E-state index is 12.9. The summed E-state index contributed by atoms with van der Waals surface area (Å²) in [7, 11) is 0. The summed E-state index contributed by atoms with van der Waals surface area (Å²) in [6.07, 6.45) is 0.747. The summed E-state index contributed by atoms with van der Waals surface area (Å²) in [5.41, 5.74) is 0.949. The molecule has 7 nitrogen and oxygen atoms in total. The summed E-state index contributed by atoms with van der Waals surface area (Å²) in [5.74, 6) is 0.695. The van der Waals surface area contributed by atoms with Gasteiger partial charge in [0.1, 0.15) is 11.6 Å². The molecule has 0 fully saturated rings. The highest BCUT2D eigenvalue weighted by Gasteiger charge is 2.21. The van der Waals surface area contributed by atoms with Crippen LogP contribution >= 0.6 is 0 Å². The molecule has 0 aliphatic heterocycles. The van der Waals surface area contributed by atoms with Gasteiger partial charge in [0.2, 0.25) is 0 Å². The normalized spacial score (nSPS) is 11.8. The number of nitrogens with zero attached hydrogens (tertiary/aromatic N) is 2. The van der Waals surface area contributed by atoms with Gasteiger partial charge in [-0.15, -0.1) is 0 Å². The number of aromatic nitrogens is 2. The zero-order chi connectivity index (χ0) is 21.7. The lowest BCUT2D eigenvalue weighted by atomic mass is 10.1. The Kier molecular flexibility index (Phi) is 6.61. The van der Waals surface area contributed by atoms with Crippen molar-refractivity contribution in [3.8, 4) is 5.75 Å². The van der Waals surface area contributed by atoms with Crippen molar-refractivity contribution >= 4 is 22.6 Å². The van der Waals surface area contributed by atoms with Gasteiger partial charge in [-0.05, 0) is 56.7 Å². The molecule has 1 N–H and O–H groups in total. The largest absolute Gasteiger partial charge is 0.484 e. The van der Waals surface area contributed by atoms with Crippen molar-refractivity contribution in [3.63, 3.8) is 0 Å². The maximum absolute atomic E-state index is 12.9. The first kappa shape index (κ1) is 21.2. The Labute approximate surface area is 174 Å². The van der Waals surface area contributed by atoms with Crippen LogP contribution in [0.3, 0.4) is 0 Å². The lowest BCUT2D eigenvalue weighted by molar-refractivity contribution is -0.136. The van der Waals surface area contributed by atoms with Crippen molar-refractivity contribution in [2.24, 2.45) is 0 Å². The van der Waals surface area contributed by atoms with E-state index in [2.05, 4.69) is 9.97 Å². The van der Waals surface area contributed by atoms with Crippen molar-refractivity contribution < 1.29 is 14.3 Å². The lowest BCUT2D eigenvalue weighted by Gasteiger charge is -2.28. The first-order valence-electron chi connectivity index (χ1n) is 9.90. The number of rotatable bonds is 8. The van der Waals surface area contributed by atoms with E-state index in [0.29, 0.717) is 28.0 Å². The van der Waals surface area contributed by atoms with Crippen molar-refractivity contribution in [1.82, 2.24) is 14.9 Å². The summed E-state index contributed by atoms with van der Waals surface area (Å²) < 4.78 is 5.61. The van der Waals surface area contributed by atoms with Gasteiger partial charge >= 0.3 is 0 Å². The molecule has 1 atom stereocenters. The molecular formula is C23H25N3O4. The summed E-state index contributed by atoms with van der Waals surface area (Å²) in [6, 6.07) is 13.7. The van der Waals surface area contributed by atoms with Gasteiger partial charge in [0.25, 0.3) is 11.5 Å². The molecule has 3 aromatic rings. The van der Waals surface area contributed by atoms with Gasteiger partial charge < -0.3 is 14.6 Å². The lowest BCUT2D eigenvalue weighted by Crippen LogP contribution is -2.41. The van der Waals surface area contributed by atoms with E-state index in [1.807, 2.05) is 19.9 Å². The van der Waals surface area contributed by atoms with E-state index in [-0.39, 0.29) is 36.4 Å². The minimum Gasteiger partial charge on any atom is -0.484 e. The molecule has 0 aliphatic carbocycles. The molecule has 0 unspecified atom stereocenters. The van der Waals surface area contributed by atoms with Crippen molar-refractivity contribution in [1.29, 1.82) is 0 Å². The third-order valence-electron chi connectivity index (χ3n) is 5.05. The van der Waals surface area contributed by atoms with Crippen molar-refractivity contribution in [2.45, 2.75) is 39.8 Å². The predicted octanol–water partition coefficient (Wildman–Crippen LogP) is 3.33. The molecule has 0 aliphatic rings. The molecule has 3 rings (SSSR count). The van der Waals surface area contributed by atoms with Crippen molar-refractivity contribution in [3.05, 3.63) is 70.3 Å². The quantitative estimate of drug-likeness (QED) is 0.578. The van der Waals surface area contributed by atoms with Crippen LogP contribution in [0.25, 0.3) is 10.9 Å². The van der Waals surface area contributed by atoms with Gasteiger partial charge in [-0.2, -0.15) is 0 Å². The molecule has 30 heavy (non-hydrogen) atoms. The number of ketones is 1. The van der Waals surface area contributed by atoms with Gasteiger partial charge in [0, 0.05) is 11.6 Å². The number of H-pyrrole nitrogens is 1. The molecule has 1 heterocycles. The molecule has 0 bridgehead atoms. The number of para-hydroxylation sites is 1. The standard InChI is InChI=1S/C23H25N3O4/c1-4-15(2)26(13-21-24-20-8-6-5-7-19(20)23(29)25-21)22(28)14-30-18-11-9-17(10-12-18)16(3)27/h5-12,15H,4,13-14H2,1-3H3,(H,24,25,29)/t15-/m1/s1. The van der Waals surface area contributed by atoms with Crippen LogP contribution in [0.5, 0.6) is 5.75 Å². The highest BCUT2D eigenvalue weighted by Crippen LogP contribution is 2.15. The predicted molar refractivity (Wildman–Crippen MR) is 115 cm³/mol. The number of aromatic amines is 1. The molecule has 7 heteroatoms. The van der Waals surface area contributed by atoms with E-state index in [1.54, 1.807) is 47.4 Å². The van der Waals surface area contributed by atoms with Crippen LogP contribution in [-0.4, -0.2) is 39.2 Å². The Bertz CT molecular complexity index is 1110. The van der Waals surface area contributed by atoms with Crippen LogP contribution in [0.4, 0.5) is 0 Å². The number of benzene rings is 2. The second-order valence-corrected chi connectivity index (χ2v) is 7.18. The average Bonchev–Trinajstić information content (AvgIpc) is 2.75. The molecule has 0 radical (unpaired) electrons. The number of carbonyl (C=O) groups is 2. The Morgan fingerprint density at radius 2 is 1.83 bits per heavy atom. The minimum atomic E-state index is -0.228. The summed E-state index contributed by atoms with van der Waals surface area (Å²) in [4.78, 5) is 45.5. The monoisotopic (exact) mass is 407 g/mol. The third-order valence-corrected chi connectivity index (χ3v) is 5.05. The maximum Gasteiger partial charge on any atom is 0.261 e. The van der Waals surface area contributed by atoms with Gasteiger partial charge in [-0.1, -0.05) is 19.1 Å². The number of Topliss-reactive ketones (excluding diaryl/α,β-unsaturated/α-hetero) is 1. The third kappa shape index (κ3) is 4.92. The van der Waals surface area contributed by atoms with E-state index in [9.17, 15) is 14.4 Å². The Hall–Kier alpha value is -3.48. The van der Waals surface area contributed by atoms with Gasteiger partial charge in [0.15, 0.2) is 12.4 Å². The molecule has 0 saturated carbocycles. The zero-order valence-electron chi connectivity index (χ0n) is 17.3. The zero-order valence-corrected chi connectivity index (χ0v) is 17.3.